The summed E-state index contributed by atoms with van der Waals surface area (Å²) in [6.45, 7) is 0.0936. The number of rotatable bonds is 4. The maximum Gasteiger partial charge on any atom is 0.253 e. The summed E-state index contributed by atoms with van der Waals surface area (Å²) in [5.74, 6) is 5.59. The van der Waals surface area contributed by atoms with Crippen LogP contribution in [0, 0.1) is 0 Å². The van der Waals surface area contributed by atoms with Gasteiger partial charge in [-0.25, -0.2) is 10.8 Å². The van der Waals surface area contributed by atoms with Crippen LogP contribution >= 0.6 is 11.3 Å². The zero-order valence-corrected chi connectivity index (χ0v) is 11.4. The quantitative estimate of drug-likeness (QED) is 0.385. The Kier molecular flexibility index (Phi) is 3.36. The molecule has 3 aromatic rings. The third-order valence-electron chi connectivity index (χ3n) is 2.90. The van der Waals surface area contributed by atoms with Gasteiger partial charge in [0, 0.05) is 17.1 Å². The van der Waals surface area contributed by atoms with Gasteiger partial charge in [-0.15, -0.1) is 0 Å². The number of carbonyl (C=O) groups excluding carboxylic acids is 1. The molecule has 0 saturated heterocycles. The number of nitrogens with zero attached hydrogens (tertiary/aromatic N) is 2. The van der Waals surface area contributed by atoms with Gasteiger partial charge in [-0.2, -0.15) is 11.3 Å². The van der Waals surface area contributed by atoms with Gasteiger partial charge in [-0.3, -0.25) is 14.6 Å². The lowest BCUT2D eigenvalue weighted by atomic mass is 10.2. The lowest BCUT2D eigenvalue weighted by molar-refractivity contribution is -0.119. The number of hydrazine groups is 1. The van der Waals surface area contributed by atoms with Gasteiger partial charge in [-0.05, 0) is 23.6 Å². The Labute approximate surface area is 119 Å². The topological polar surface area (TPSA) is 84.4 Å². The number of aromatic nitrogens is 2. The molecular weight excluding hydrogens is 274 g/mol. The fourth-order valence-corrected chi connectivity index (χ4v) is 2.62. The molecule has 0 bridgehead atoms. The van der Waals surface area contributed by atoms with Crippen LogP contribution in [0.5, 0.6) is 0 Å². The molecular formula is C13H13N5OS. The number of carbonyl (C=O) groups is 1. The molecule has 0 aliphatic rings. The van der Waals surface area contributed by atoms with Gasteiger partial charge >= 0.3 is 0 Å². The molecule has 0 saturated carbocycles. The molecule has 3 rings (SSSR count). The van der Waals surface area contributed by atoms with E-state index in [1.807, 2.05) is 45.6 Å². The number of imidazole rings is 1. The number of nitrogens with one attached hydrogen (secondary N) is 2. The second kappa shape index (κ2) is 5.32. The van der Waals surface area contributed by atoms with Crippen LogP contribution in [0.2, 0.25) is 0 Å². The predicted octanol–water partition coefficient (Wildman–Crippen LogP) is 1.46. The van der Waals surface area contributed by atoms with Crippen molar-refractivity contribution in [3.05, 3.63) is 41.2 Å². The zero-order valence-electron chi connectivity index (χ0n) is 10.5. The molecule has 0 aromatic carbocycles. The first-order valence-electron chi connectivity index (χ1n) is 6.02. The predicted molar refractivity (Wildman–Crippen MR) is 79.3 cm³/mol. The number of fused-ring (bicyclic) bond motifs is 1. The first-order valence-corrected chi connectivity index (χ1v) is 6.97. The van der Waals surface area contributed by atoms with E-state index in [4.69, 9.17) is 5.84 Å². The van der Waals surface area contributed by atoms with Crippen molar-refractivity contribution >= 4 is 28.7 Å². The number of amides is 1. The van der Waals surface area contributed by atoms with Gasteiger partial charge < -0.3 is 5.32 Å². The van der Waals surface area contributed by atoms with Crippen molar-refractivity contribution in [2.75, 3.05) is 11.9 Å². The van der Waals surface area contributed by atoms with E-state index in [0.717, 1.165) is 22.7 Å². The Morgan fingerprint density at radius 3 is 3.05 bits per heavy atom. The van der Waals surface area contributed by atoms with Crippen molar-refractivity contribution in [3.63, 3.8) is 0 Å². The summed E-state index contributed by atoms with van der Waals surface area (Å²) >= 11 is 1.61. The molecule has 7 heteroatoms. The highest BCUT2D eigenvalue weighted by molar-refractivity contribution is 7.08. The molecule has 0 spiro atoms. The van der Waals surface area contributed by atoms with E-state index in [-0.39, 0.29) is 12.5 Å². The molecule has 0 aliphatic heterocycles. The molecule has 6 nitrogen and oxygen atoms in total. The van der Waals surface area contributed by atoms with Gasteiger partial charge in [0.15, 0.2) is 0 Å². The number of nitrogens with two attached hydrogens (primary N) is 1. The Bertz CT molecular complexity index is 734. The standard InChI is InChI=1S/C13H13N5OS/c14-17-11(19)7-15-13-12(9-4-6-20-8-9)16-10-3-1-2-5-18(10)13/h1-6,8,15H,7,14H2,(H,17,19). The smallest absolute Gasteiger partial charge is 0.253 e. The highest BCUT2D eigenvalue weighted by Gasteiger charge is 2.14. The van der Waals surface area contributed by atoms with E-state index in [2.05, 4.69) is 15.7 Å². The number of hydrogen-bond acceptors (Lipinski definition) is 5. The Morgan fingerprint density at radius 1 is 1.40 bits per heavy atom. The Balaban J connectivity index is 2.06. The van der Waals surface area contributed by atoms with Crippen molar-refractivity contribution in [2.24, 2.45) is 5.84 Å². The van der Waals surface area contributed by atoms with Gasteiger partial charge in [-0.1, -0.05) is 6.07 Å². The third-order valence-corrected chi connectivity index (χ3v) is 3.59. The number of anilines is 1. The summed E-state index contributed by atoms with van der Waals surface area (Å²) in [5, 5.41) is 7.11. The van der Waals surface area contributed by atoms with E-state index < -0.39 is 0 Å². The Morgan fingerprint density at radius 2 is 2.30 bits per heavy atom. The van der Waals surface area contributed by atoms with Crippen molar-refractivity contribution in [1.82, 2.24) is 14.8 Å². The minimum atomic E-state index is -0.285. The highest BCUT2D eigenvalue weighted by atomic mass is 32.1. The fourth-order valence-electron chi connectivity index (χ4n) is 1.98. The van der Waals surface area contributed by atoms with Crippen LogP contribution in [-0.2, 0) is 4.79 Å². The van der Waals surface area contributed by atoms with Gasteiger partial charge in [0.2, 0.25) is 0 Å². The monoisotopic (exact) mass is 287 g/mol. The molecule has 102 valence electrons. The highest BCUT2D eigenvalue weighted by Crippen LogP contribution is 2.29. The molecule has 0 aliphatic carbocycles. The van der Waals surface area contributed by atoms with Gasteiger partial charge in [0.25, 0.3) is 5.91 Å². The van der Waals surface area contributed by atoms with Crippen LogP contribution < -0.4 is 16.6 Å². The summed E-state index contributed by atoms with van der Waals surface area (Å²) < 4.78 is 1.91. The molecule has 3 heterocycles. The number of hydrogen-bond donors (Lipinski definition) is 3. The maximum atomic E-state index is 11.3. The second-order valence-electron chi connectivity index (χ2n) is 4.17. The van der Waals surface area contributed by atoms with Crippen LogP contribution in [0.4, 0.5) is 5.82 Å². The molecule has 0 fully saturated rings. The molecule has 20 heavy (non-hydrogen) atoms. The summed E-state index contributed by atoms with van der Waals surface area (Å²) in [6, 6.07) is 7.76. The summed E-state index contributed by atoms with van der Waals surface area (Å²) in [5.41, 5.74) is 4.77. The van der Waals surface area contributed by atoms with Crippen molar-refractivity contribution in [1.29, 1.82) is 0 Å². The number of pyridine rings is 1. The normalized spacial score (nSPS) is 10.7. The minimum absolute atomic E-state index is 0.0936. The first-order chi connectivity index (χ1) is 9.79. The second-order valence-corrected chi connectivity index (χ2v) is 4.95. The molecule has 1 amide bonds. The van der Waals surface area contributed by atoms with Crippen LogP contribution in [0.25, 0.3) is 16.9 Å². The van der Waals surface area contributed by atoms with Crippen LogP contribution in [0.15, 0.2) is 41.2 Å². The lowest BCUT2D eigenvalue weighted by Crippen LogP contribution is -2.35. The van der Waals surface area contributed by atoms with Crippen LogP contribution in [0.1, 0.15) is 0 Å². The average Bonchev–Trinajstić information content (AvgIpc) is 3.11. The zero-order chi connectivity index (χ0) is 13.9. The number of thiophene rings is 1. The molecule has 4 N–H and O–H groups in total. The van der Waals surface area contributed by atoms with Crippen molar-refractivity contribution in [2.45, 2.75) is 0 Å². The lowest BCUT2D eigenvalue weighted by Gasteiger charge is -2.07. The van der Waals surface area contributed by atoms with E-state index in [1.54, 1.807) is 11.3 Å². The maximum absolute atomic E-state index is 11.3. The Hall–Kier alpha value is -2.38. The van der Waals surface area contributed by atoms with Crippen LogP contribution in [-0.4, -0.2) is 21.8 Å². The van der Waals surface area contributed by atoms with Crippen molar-refractivity contribution < 1.29 is 4.79 Å². The third kappa shape index (κ3) is 2.24. The SMILES string of the molecule is NNC(=O)CNc1c(-c2ccsc2)nc2ccccn12. The molecule has 0 radical (unpaired) electrons. The summed E-state index contributed by atoms with van der Waals surface area (Å²) in [4.78, 5) is 15.9. The molecule has 3 aromatic heterocycles. The summed E-state index contributed by atoms with van der Waals surface area (Å²) in [7, 11) is 0. The van der Waals surface area contributed by atoms with Gasteiger partial charge in [0.05, 0.1) is 6.54 Å². The largest absolute Gasteiger partial charge is 0.360 e. The van der Waals surface area contributed by atoms with E-state index in [1.165, 1.54) is 0 Å². The average molecular weight is 287 g/mol. The summed E-state index contributed by atoms with van der Waals surface area (Å²) in [6.07, 6.45) is 1.90. The minimum Gasteiger partial charge on any atom is -0.360 e. The first kappa shape index (κ1) is 12.6. The fraction of sp³-hybridized carbons (Fsp3) is 0.0769. The molecule has 0 atom stereocenters. The van der Waals surface area contributed by atoms with Crippen molar-refractivity contribution in [3.8, 4) is 11.3 Å². The van der Waals surface area contributed by atoms with Gasteiger partial charge in [0.1, 0.15) is 17.2 Å². The van der Waals surface area contributed by atoms with E-state index >= 15 is 0 Å². The van der Waals surface area contributed by atoms with Crippen LogP contribution in [0.3, 0.4) is 0 Å². The van der Waals surface area contributed by atoms with E-state index in [0.29, 0.717) is 0 Å². The molecule has 0 unspecified atom stereocenters. The van der Waals surface area contributed by atoms with E-state index in [9.17, 15) is 4.79 Å².